The Kier molecular flexibility index (Phi) is 3.69. The van der Waals surface area contributed by atoms with Crippen molar-refractivity contribution >= 4 is 5.69 Å². The molecule has 0 aliphatic rings. The average molecular weight is 284 g/mol. The highest BCUT2D eigenvalue weighted by molar-refractivity contribution is 5.51. The Hall–Kier alpha value is -2.62. The summed E-state index contributed by atoms with van der Waals surface area (Å²) in [5, 5.41) is 3.11. The van der Waals surface area contributed by atoms with Crippen molar-refractivity contribution < 1.29 is 8.78 Å². The zero-order valence-electron chi connectivity index (χ0n) is 11.3. The summed E-state index contributed by atoms with van der Waals surface area (Å²) in [4.78, 5) is 0. The van der Waals surface area contributed by atoms with Crippen LogP contribution in [0.3, 0.4) is 0 Å². The second-order valence-corrected chi connectivity index (χ2v) is 4.71. The van der Waals surface area contributed by atoms with Crippen molar-refractivity contribution in [2.75, 3.05) is 5.32 Å². The van der Waals surface area contributed by atoms with Crippen LogP contribution < -0.4 is 5.32 Å². The lowest BCUT2D eigenvalue weighted by Crippen LogP contribution is -2.03. The van der Waals surface area contributed by atoms with Crippen LogP contribution in [0.15, 0.2) is 67.0 Å². The summed E-state index contributed by atoms with van der Waals surface area (Å²) in [6.45, 7) is 0.235. The lowest BCUT2D eigenvalue weighted by Gasteiger charge is -2.10. The molecule has 0 unspecified atom stereocenters. The Morgan fingerprint density at radius 1 is 0.905 bits per heavy atom. The first-order chi connectivity index (χ1) is 10.2. The van der Waals surface area contributed by atoms with Crippen molar-refractivity contribution in [1.82, 2.24) is 4.57 Å². The SMILES string of the molecule is Fc1cccc(CNc2cccc(-n3cccc3)c2)c1F. The molecule has 0 aliphatic heterocycles. The molecule has 3 aromatic rings. The van der Waals surface area contributed by atoms with Crippen LogP contribution in [-0.4, -0.2) is 4.57 Å². The second-order valence-electron chi connectivity index (χ2n) is 4.71. The molecule has 2 nitrogen and oxygen atoms in total. The maximum atomic E-state index is 13.6. The summed E-state index contributed by atoms with van der Waals surface area (Å²) in [6.07, 6.45) is 3.90. The minimum absolute atomic E-state index is 0.235. The zero-order valence-corrected chi connectivity index (χ0v) is 11.3. The molecule has 4 heteroatoms. The number of halogens is 2. The van der Waals surface area contributed by atoms with Gasteiger partial charge in [0.1, 0.15) is 0 Å². The van der Waals surface area contributed by atoms with Gasteiger partial charge in [0, 0.05) is 35.9 Å². The third kappa shape index (κ3) is 2.94. The summed E-state index contributed by atoms with van der Waals surface area (Å²) in [6, 6.07) is 15.8. The Bertz CT molecular complexity index is 736. The summed E-state index contributed by atoms with van der Waals surface area (Å²) < 4.78 is 28.7. The van der Waals surface area contributed by atoms with Gasteiger partial charge in [-0.25, -0.2) is 8.78 Å². The standard InChI is InChI=1S/C17H14F2N2/c18-16-8-3-5-13(17(16)19)12-20-14-6-4-7-15(11-14)21-9-1-2-10-21/h1-11,20H,12H2. The van der Waals surface area contributed by atoms with Crippen LogP contribution >= 0.6 is 0 Å². The molecule has 0 spiro atoms. The molecule has 1 N–H and O–H groups in total. The Balaban J connectivity index is 1.77. The molecule has 0 saturated heterocycles. The van der Waals surface area contributed by atoms with Crippen LogP contribution in [0.5, 0.6) is 0 Å². The number of nitrogens with zero attached hydrogens (tertiary/aromatic N) is 1. The van der Waals surface area contributed by atoms with Crippen molar-refractivity contribution in [2.45, 2.75) is 6.54 Å². The van der Waals surface area contributed by atoms with E-state index >= 15 is 0 Å². The first-order valence-corrected chi connectivity index (χ1v) is 6.64. The van der Waals surface area contributed by atoms with Gasteiger partial charge in [0.2, 0.25) is 0 Å². The highest BCUT2D eigenvalue weighted by Gasteiger charge is 2.07. The molecular formula is C17H14F2N2. The van der Waals surface area contributed by atoms with Crippen molar-refractivity contribution in [3.8, 4) is 5.69 Å². The molecule has 0 atom stereocenters. The molecule has 0 aliphatic carbocycles. The summed E-state index contributed by atoms with van der Waals surface area (Å²) in [5.41, 5.74) is 2.16. The second kappa shape index (κ2) is 5.79. The first kappa shape index (κ1) is 13.4. The number of aromatic nitrogens is 1. The molecule has 0 bridgehead atoms. The normalized spacial score (nSPS) is 10.6. The van der Waals surface area contributed by atoms with Crippen LogP contribution in [0, 0.1) is 11.6 Å². The Morgan fingerprint density at radius 2 is 1.67 bits per heavy atom. The molecule has 106 valence electrons. The monoisotopic (exact) mass is 284 g/mol. The van der Waals surface area contributed by atoms with Crippen LogP contribution in [0.2, 0.25) is 0 Å². The van der Waals surface area contributed by atoms with Crippen molar-refractivity contribution in [3.05, 3.63) is 84.2 Å². The maximum Gasteiger partial charge on any atom is 0.163 e. The highest BCUT2D eigenvalue weighted by Crippen LogP contribution is 2.17. The van der Waals surface area contributed by atoms with E-state index in [0.717, 1.165) is 17.4 Å². The summed E-state index contributed by atoms with van der Waals surface area (Å²) in [5.74, 6) is -1.62. The quantitative estimate of drug-likeness (QED) is 0.753. The number of hydrogen-bond acceptors (Lipinski definition) is 1. The lowest BCUT2D eigenvalue weighted by atomic mass is 10.2. The number of hydrogen-bond donors (Lipinski definition) is 1. The fourth-order valence-corrected chi connectivity index (χ4v) is 2.17. The molecule has 3 rings (SSSR count). The summed E-state index contributed by atoms with van der Waals surface area (Å²) >= 11 is 0. The van der Waals surface area contributed by atoms with Crippen molar-refractivity contribution in [1.29, 1.82) is 0 Å². The predicted octanol–water partition coefficient (Wildman–Crippen LogP) is 4.37. The molecule has 0 amide bonds. The van der Waals surface area contributed by atoms with Gasteiger partial charge in [-0.05, 0) is 36.4 Å². The Morgan fingerprint density at radius 3 is 2.48 bits per heavy atom. The van der Waals surface area contributed by atoms with E-state index in [0.29, 0.717) is 5.56 Å². The van der Waals surface area contributed by atoms with Gasteiger partial charge in [-0.15, -0.1) is 0 Å². The van der Waals surface area contributed by atoms with E-state index in [1.54, 1.807) is 6.07 Å². The molecule has 2 aromatic carbocycles. The predicted molar refractivity (Wildman–Crippen MR) is 79.5 cm³/mol. The third-order valence-corrected chi connectivity index (χ3v) is 3.26. The largest absolute Gasteiger partial charge is 0.381 e. The van der Waals surface area contributed by atoms with Crippen molar-refractivity contribution in [3.63, 3.8) is 0 Å². The van der Waals surface area contributed by atoms with Crippen LogP contribution in [0.1, 0.15) is 5.56 Å². The minimum Gasteiger partial charge on any atom is -0.381 e. The number of nitrogens with one attached hydrogen (secondary N) is 1. The number of benzene rings is 2. The van der Waals surface area contributed by atoms with E-state index in [4.69, 9.17) is 0 Å². The fourth-order valence-electron chi connectivity index (χ4n) is 2.17. The lowest BCUT2D eigenvalue weighted by molar-refractivity contribution is 0.500. The first-order valence-electron chi connectivity index (χ1n) is 6.64. The average Bonchev–Trinajstić information content (AvgIpc) is 3.03. The Labute approximate surface area is 121 Å². The van der Waals surface area contributed by atoms with E-state index in [1.165, 1.54) is 6.07 Å². The van der Waals surface area contributed by atoms with Gasteiger partial charge in [0.05, 0.1) is 0 Å². The number of anilines is 1. The maximum absolute atomic E-state index is 13.6. The van der Waals surface area contributed by atoms with Gasteiger partial charge < -0.3 is 9.88 Å². The van der Waals surface area contributed by atoms with E-state index in [1.807, 2.05) is 53.4 Å². The van der Waals surface area contributed by atoms with Gasteiger partial charge >= 0.3 is 0 Å². The highest BCUT2D eigenvalue weighted by atomic mass is 19.2. The van der Waals surface area contributed by atoms with Crippen LogP contribution in [0.25, 0.3) is 5.69 Å². The molecule has 1 heterocycles. The van der Waals surface area contributed by atoms with Crippen LogP contribution in [0.4, 0.5) is 14.5 Å². The van der Waals surface area contributed by atoms with Gasteiger partial charge in [0.15, 0.2) is 11.6 Å². The van der Waals surface area contributed by atoms with Crippen LogP contribution in [-0.2, 0) is 6.54 Å². The fraction of sp³-hybridized carbons (Fsp3) is 0.0588. The van der Waals surface area contributed by atoms with Gasteiger partial charge in [-0.2, -0.15) is 0 Å². The molecular weight excluding hydrogens is 270 g/mol. The van der Waals surface area contributed by atoms with Crippen molar-refractivity contribution in [2.24, 2.45) is 0 Å². The van der Waals surface area contributed by atoms with Gasteiger partial charge in [0.25, 0.3) is 0 Å². The molecule has 0 fully saturated rings. The molecule has 1 aromatic heterocycles. The molecule has 0 radical (unpaired) electrons. The zero-order chi connectivity index (χ0) is 14.7. The number of rotatable bonds is 4. The third-order valence-electron chi connectivity index (χ3n) is 3.26. The summed E-state index contributed by atoms with van der Waals surface area (Å²) in [7, 11) is 0. The van der Waals surface area contributed by atoms with E-state index < -0.39 is 11.6 Å². The minimum atomic E-state index is -0.824. The van der Waals surface area contributed by atoms with E-state index in [-0.39, 0.29) is 6.54 Å². The topological polar surface area (TPSA) is 17.0 Å². The smallest absolute Gasteiger partial charge is 0.163 e. The van der Waals surface area contributed by atoms with E-state index in [9.17, 15) is 8.78 Å². The van der Waals surface area contributed by atoms with Gasteiger partial charge in [-0.1, -0.05) is 18.2 Å². The van der Waals surface area contributed by atoms with Gasteiger partial charge in [-0.3, -0.25) is 0 Å². The molecule has 21 heavy (non-hydrogen) atoms. The molecule has 0 saturated carbocycles. The van der Waals surface area contributed by atoms with E-state index in [2.05, 4.69) is 5.32 Å².